The van der Waals surface area contributed by atoms with E-state index in [9.17, 15) is 9.59 Å². The fourth-order valence-corrected chi connectivity index (χ4v) is 3.67. The molecule has 2 rings (SSSR count). The average Bonchev–Trinajstić information content (AvgIpc) is 2.78. The number of nitrogens with two attached hydrogens (primary N) is 2. The van der Waals surface area contributed by atoms with Crippen LogP contribution in [0, 0.1) is 18.3 Å². The number of nitrogens with zero attached hydrogens (tertiary/aromatic N) is 2. The van der Waals surface area contributed by atoms with Gasteiger partial charge in [0.1, 0.15) is 18.4 Å². The molecule has 33 heavy (non-hydrogen) atoms. The van der Waals surface area contributed by atoms with Crippen LogP contribution in [0.5, 0.6) is 5.75 Å². The van der Waals surface area contributed by atoms with Gasteiger partial charge < -0.3 is 15.4 Å². The molecule has 0 aliphatic heterocycles. The molecule has 176 valence electrons. The fourth-order valence-electron chi connectivity index (χ4n) is 3.44. The Labute approximate surface area is 198 Å². The molecular formula is C23H31ClN6O3+2. The summed E-state index contributed by atoms with van der Waals surface area (Å²) in [6.07, 6.45) is 5.76. The van der Waals surface area contributed by atoms with Gasteiger partial charge in [-0.1, -0.05) is 28.8 Å². The molecule has 6 N–H and O–H groups in total. The zero-order valence-corrected chi connectivity index (χ0v) is 20.2. The Balaban J connectivity index is 2.18. The van der Waals surface area contributed by atoms with Gasteiger partial charge in [-0.2, -0.15) is 5.53 Å². The number of carbonyl (C=O) groups excluding carboxylic acids is 2. The van der Waals surface area contributed by atoms with Gasteiger partial charge in [0.05, 0.1) is 30.6 Å². The molecular weight excluding hydrogens is 444 g/mol. The predicted octanol–water partition coefficient (Wildman–Crippen LogP) is 1.24. The van der Waals surface area contributed by atoms with Crippen molar-refractivity contribution in [1.82, 2.24) is 10.3 Å². The number of rotatable bonds is 9. The molecule has 2 unspecified atom stereocenters. The zero-order valence-electron chi connectivity index (χ0n) is 19.5. The summed E-state index contributed by atoms with van der Waals surface area (Å²) < 4.78 is 6.09. The number of halogens is 1. The number of ether oxygens (including phenoxy) is 1. The first-order valence-corrected chi connectivity index (χ1v) is 10.8. The highest BCUT2D eigenvalue weighted by Crippen LogP contribution is 2.26. The van der Waals surface area contributed by atoms with Crippen molar-refractivity contribution in [2.24, 2.45) is 11.1 Å². The van der Waals surface area contributed by atoms with Crippen LogP contribution in [0.2, 0.25) is 0 Å². The summed E-state index contributed by atoms with van der Waals surface area (Å²) in [6, 6.07) is 4.60. The topological polar surface area (TPSA) is 137 Å². The van der Waals surface area contributed by atoms with E-state index in [2.05, 4.69) is 10.5 Å². The fraction of sp³-hybridized carbons (Fsp3) is 0.348. The van der Waals surface area contributed by atoms with Crippen molar-refractivity contribution in [2.75, 3.05) is 20.7 Å². The molecule has 0 radical (unpaired) electrons. The van der Waals surface area contributed by atoms with Crippen LogP contribution >= 0.6 is 11.6 Å². The Bertz CT molecular complexity index is 1050. The van der Waals surface area contributed by atoms with Crippen LogP contribution in [0.3, 0.4) is 0 Å². The molecule has 0 saturated carbocycles. The van der Waals surface area contributed by atoms with Gasteiger partial charge in [-0.15, -0.1) is 0 Å². The quantitative estimate of drug-likeness (QED) is 0.141. The van der Waals surface area contributed by atoms with E-state index in [-0.39, 0.29) is 34.2 Å². The predicted molar refractivity (Wildman–Crippen MR) is 126 cm³/mol. The number of ketones is 1. The number of aryl methyl sites for hydroxylation is 1. The highest BCUT2D eigenvalue weighted by Gasteiger charge is 2.28. The standard InChI is InChI=1S/C23H29ClN6O3/c1-13-7-6-8-18(28-23(32)30(5)29-26)17(13)12-33-19-10-9-16(11-14(19)2)21(25)20(15(3)31)22(24)27-4/h6-11,17-18,25-27H,12H2,1-5H3,(H,28,32)/p+2. The van der Waals surface area contributed by atoms with Gasteiger partial charge in [0.15, 0.2) is 5.78 Å². The first-order valence-electron chi connectivity index (χ1n) is 10.4. The Morgan fingerprint density at radius 3 is 2.64 bits per heavy atom. The maximum Gasteiger partial charge on any atom is 0.429 e. The molecule has 0 fully saturated rings. The lowest BCUT2D eigenvalue weighted by Gasteiger charge is -2.28. The number of nitrogens with one attached hydrogen (secondary N) is 2. The maximum absolute atomic E-state index is 12.2. The Morgan fingerprint density at radius 1 is 1.36 bits per heavy atom. The van der Waals surface area contributed by atoms with Crippen molar-refractivity contribution in [2.45, 2.75) is 26.8 Å². The summed E-state index contributed by atoms with van der Waals surface area (Å²) in [5.74, 6) is 0.290. The first kappa shape index (κ1) is 26.0. The number of Topliss-reactive ketones (excluding diaryl/α,β-unsaturated/α-hetero) is 1. The van der Waals surface area contributed by atoms with Crippen LogP contribution in [-0.4, -0.2) is 49.3 Å². The van der Waals surface area contributed by atoms with Crippen LogP contribution in [0.15, 0.2) is 58.0 Å². The SMILES string of the molecule is C[NH2+]C(Cl)=C(C(=N)c1ccc(OCC2C(C)=CC=CC2NC(=O)N(C)N=[NH2+])c(C)c1)C(C)=O. The molecule has 2 atom stereocenters. The molecule has 2 amide bonds. The Hall–Kier alpha value is -3.30. The molecule has 1 aliphatic carbocycles. The van der Waals surface area contributed by atoms with Crippen molar-refractivity contribution >= 4 is 29.1 Å². The summed E-state index contributed by atoms with van der Waals surface area (Å²) in [4.78, 5) is 24.2. The minimum absolute atomic E-state index is 0.0636. The van der Waals surface area contributed by atoms with Gasteiger partial charge in [-0.05, 0) is 56.1 Å². The number of benzene rings is 1. The van der Waals surface area contributed by atoms with E-state index >= 15 is 0 Å². The molecule has 1 aromatic rings. The minimum Gasteiger partial charge on any atom is -0.493 e. The molecule has 10 heteroatoms. The third-order valence-electron chi connectivity index (χ3n) is 5.43. The van der Waals surface area contributed by atoms with Crippen LogP contribution in [0.1, 0.15) is 25.0 Å². The van der Waals surface area contributed by atoms with Crippen molar-refractivity contribution in [3.63, 3.8) is 0 Å². The van der Waals surface area contributed by atoms with Gasteiger partial charge in [-0.3, -0.25) is 10.2 Å². The lowest BCUT2D eigenvalue weighted by Crippen LogP contribution is -2.76. The van der Waals surface area contributed by atoms with Crippen molar-refractivity contribution in [3.05, 3.63) is 63.9 Å². The van der Waals surface area contributed by atoms with E-state index in [4.69, 9.17) is 27.3 Å². The van der Waals surface area contributed by atoms with E-state index in [1.54, 1.807) is 30.6 Å². The lowest BCUT2D eigenvalue weighted by molar-refractivity contribution is -0.565. The molecule has 9 nitrogen and oxygen atoms in total. The number of quaternary nitrogens is 1. The number of hydrogen-bond acceptors (Lipinski definition) is 5. The largest absolute Gasteiger partial charge is 0.493 e. The lowest BCUT2D eigenvalue weighted by atomic mass is 9.89. The van der Waals surface area contributed by atoms with Gasteiger partial charge in [0.25, 0.3) is 0 Å². The van der Waals surface area contributed by atoms with Crippen molar-refractivity contribution < 1.29 is 25.2 Å². The third kappa shape index (κ3) is 6.36. The molecule has 1 aromatic carbocycles. The van der Waals surface area contributed by atoms with Gasteiger partial charge >= 0.3 is 6.03 Å². The average molecular weight is 475 g/mol. The monoisotopic (exact) mass is 474 g/mol. The number of carbonyl (C=O) groups is 2. The molecule has 1 aliphatic rings. The first-order chi connectivity index (χ1) is 15.6. The van der Waals surface area contributed by atoms with Crippen molar-refractivity contribution in [3.8, 4) is 5.75 Å². The highest BCUT2D eigenvalue weighted by atomic mass is 35.5. The van der Waals surface area contributed by atoms with Crippen LogP contribution in [-0.2, 0) is 4.79 Å². The van der Waals surface area contributed by atoms with E-state index in [1.165, 1.54) is 14.0 Å². The summed E-state index contributed by atoms with van der Waals surface area (Å²) in [6.45, 7) is 5.57. The Morgan fingerprint density at radius 2 is 2.06 bits per heavy atom. The maximum atomic E-state index is 12.2. The Kier molecular flexibility index (Phi) is 9.07. The van der Waals surface area contributed by atoms with Crippen molar-refractivity contribution in [1.29, 1.82) is 5.41 Å². The number of amides is 2. The molecule has 0 aromatic heterocycles. The molecule has 0 bridgehead atoms. The zero-order chi connectivity index (χ0) is 24.7. The van der Waals surface area contributed by atoms with E-state index in [0.29, 0.717) is 17.9 Å². The normalized spacial score (nSPS) is 18.1. The van der Waals surface area contributed by atoms with Gasteiger partial charge in [0, 0.05) is 11.5 Å². The third-order valence-corrected chi connectivity index (χ3v) is 5.84. The second kappa shape index (κ2) is 11.5. The molecule has 0 saturated heterocycles. The number of urea groups is 1. The van der Waals surface area contributed by atoms with E-state index in [1.807, 2.05) is 32.1 Å². The summed E-state index contributed by atoms with van der Waals surface area (Å²) in [5, 5.41) is 17.6. The van der Waals surface area contributed by atoms with Crippen LogP contribution in [0.25, 0.3) is 0 Å². The van der Waals surface area contributed by atoms with E-state index in [0.717, 1.165) is 16.1 Å². The second-order valence-electron chi connectivity index (χ2n) is 7.75. The molecule has 0 spiro atoms. The number of hydrogen-bond donors (Lipinski definition) is 4. The molecule has 0 heterocycles. The smallest absolute Gasteiger partial charge is 0.429 e. The van der Waals surface area contributed by atoms with Gasteiger partial charge in [-0.25, -0.2) is 4.79 Å². The highest BCUT2D eigenvalue weighted by molar-refractivity contribution is 6.37. The van der Waals surface area contributed by atoms with Crippen LogP contribution in [0.4, 0.5) is 4.79 Å². The summed E-state index contributed by atoms with van der Waals surface area (Å²) in [7, 11) is 3.19. The summed E-state index contributed by atoms with van der Waals surface area (Å²) >= 11 is 6.15. The van der Waals surface area contributed by atoms with Gasteiger partial charge in [0.2, 0.25) is 5.16 Å². The number of allylic oxidation sites excluding steroid dienone is 3. The second-order valence-corrected chi connectivity index (χ2v) is 8.16. The minimum atomic E-state index is -0.414. The van der Waals surface area contributed by atoms with E-state index < -0.39 is 6.03 Å². The summed E-state index contributed by atoms with van der Waals surface area (Å²) in [5.41, 5.74) is 7.86. The van der Waals surface area contributed by atoms with Crippen LogP contribution < -0.4 is 20.9 Å².